The van der Waals surface area contributed by atoms with E-state index >= 15 is 0 Å². The number of benzene rings is 2. The van der Waals surface area contributed by atoms with Gasteiger partial charge in [0.15, 0.2) is 0 Å². The smallest absolute Gasteiger partial charge is 0.249 e. The average molecular weight is 431 g/mol. The fourth-order valence-corrected chi connectivity index (χ4v) is 3.56. The summed E-state index contributed by atoms with van der Waals surface area (Å²) in [4.78, 5) is 15.6. The second-order valence-corrected chi connectivity index (χ2v) is 7.76. The van der Waals surface area contributed by atoms with E-state index < -0.39 is 0 Å². The van der Waals surface area contributed by atoms with Gasteiger partial charge in [0.25, 0.3) is 0 Å². The standard InChI is InChI=1S/C21H23ClN4O2S/c1-3-11-26(13-19(27)23-15-7-6-8-16(12-15)29-2)14-20-24-25-21(28-20)17-9-4-5-10-18(17)22/h4-10,12H,3,11,13-14H2,1-2H3,(H,23,27). The van der Waals surface area contributed by atoms with Crippen molar-refractivity contribution in [2.24, 2.45) is 0 Å². The molecule has 1 heterocycles. The largest absolute Gasteiger partial charge is 0.419 e. The van der Waals surface area contributed by atoms with Crippen LogP contribution in [0.2, 0.25) is 5.02 Å². The summed E-state index contributed by atoms with van der Waals surface area (Å²) in [6.07, 6.45) is 2.91. The van der Waals surface area contributed by atoms with Crippen LogP contribution in [0.4, 0.5) is 5.69 Å². The first kappa shape index (κ1) is 21.4. The number of nitrogens with zero attached hydrogens (tertiary/aromatic N) is 3. The maximum Gasteiger partial charge on any atom is 0.249 e. The molecule has 0 aliphatic carbocycles. The van der Waals surface area contributed by atoms with Crippen LogP contribution in [0.5, 0.6) is 0 Å². The Morgan fingerprint density at radius 2 is 2.03 bits per heavy atom. The number of carbonyl (C=O) groups is 1. The normalized spacial score (nSPS) is 11.0. The lowest BCUT2D eigenvalue weighted by molar-refractivity contribution is -0.117. The van der Waals surface area contributed by atoms with Crippen molar-refractivity contribution in [1.29, 1.82) is 0 Å². The van der Waals surface area contributed by atoms with E-state index in [1.807, 2.05) is 53.6 Å². The summed E-state index contributed by atoms with van der Waals surface area (Å²) in [5.41, 5.74) is 1.48. The van der Waals surface area contributed by atoms with Gasteiger partial charge in [-0.3, -0.25) is 9.69 Å². The zero-order chi connectivity index (χ0) is 20.6. The highest BCUT2D eigenvalue weighted by Gasteiger charge is 2.16. The fraction of sp³-hybridized carbons (Fsp3) is 0.286. The van der Waals surface area contributed by atoms with E-state index in [0.29, 0.717) is 28.9 Å². The molecule has 0 atom stereocenters. The number of thioether (sulfide) groups is 1. The van der Waals surface area contributed by atoms with Crippen molar-refractivity contribution in [2.75, 3.05) is 24.7 Å². The summed E-state index contributed by atoms with van der Waals surface area (Å²) in [5, 5.41) is 11.7. The van der Waals surface area contributed by atoms with Crippen LogP contribution < -0.4 is 5.32 Å². The minimum absolute atomic E-state index is 0.0810. The van der Waals surface area contributed by atoms with E-state index in [1.165, 1.54) is 0 Å². The zero-order valence-electron chi connectivity index (χ0n) is 16.4. The molecular formula is C21H23ClN4O2S. The number of rotatable bonds is 9. The molecule has 1 aromatic heterocycles. The molecule has 6 nitrogen and oxygen atoms in total. The molecule has 0 saturated heterocycles. The minimum Gasteiger partial charge on any atom is -0.419 e. The molecule has 0 aliphatic rings. The lowest BCUT2D eigenvalue weighted by Crippen LogP contribution is -2.33. The third-order valence-electron chi connectivity index (χ3n) is 4.19. The summed E-state index contributed by atoms with van der Waals surface area (Å²) < 4.78 is 5.77. The van der Waals surface area contributed by atoms with Gasteiger partial charge in [0, 0.05) is 10.6 Å². The van der Waals surface area contributed by atoms with Gasteiger partial charge in [0.2, 0.25) is 17.7 Å². The number of amides is 1. The number of aromatic nitrogens is 2. The minimum atomic E-state index is -0.0810. The number of hydrogen-bond acceptors (Lipinski definition) is 6. The predicted molar refractivity (Wildman–Crippen MR) is 117 cm³/mol. The lowest BCUT2D eigenvalue weighted by Gasteiger charge is -2.19. The number of hydrogen-bond donors (Lipinski definition) is 1. The molecule has 0 saturated carbocycles. The summed E-state index contributed by atoms with van der Waals surface area (Å²) in [6.45, 7) is 3.43. The highest BCUT2D eigenvalue weighted by Crippen LogP contribution is 2.26. The van der Waals surface area contributed by atoms with E-state index in [4.69, 9.17) is 16.0 Å². The Morgan fingerprint density at radius 1 is 1.21 bits per heavy atom. The van der Waals surface area contributed by atoms with Crippen molar-refractivity contribution in [3.05, 3.63) is 59.4 Å². The third-order valence-corrected chi connectivity index (χ3v) is 5.25. The van der Waals surface area contributed by atoms with Crippen molar-refractivity contribution in [3.63, 3.8) is 0 Å². The molecule has 0 unspecified atom stereocenters. The van der Waals surface area contributed by atoms with Crippen molar-refractivity contribution in [2.45, 2.75) is 24.8 Å². The third kappa shape index (κ3) is 6.06. The topological polar surface area (TPSA) is 71.3 Å². The van der Waals surface area contributed by atoms with E-state index in [0.717, 1.165) is 23.5 Å². The highest BCUT2D eigenvalue weighted by molar-refractivity contribution is 7.98. The average Bonchev–Trinajstić information content (AvgIpc) is 3.16. The van der Waals surface area contributed by atoms with Crippen LogP contribution in [0.15, 0.2) is 57.8 Å². The van der Waals surface area contributed by atoms with Gasteiger partial charge in [-0.05, 0) is 49.6 Å². The molecule has 0 spiro atoms. The monoisotopic (exact) mass is 430 g/mol. The lowest BCUT2D eigenvalue weighted by atomic mass is 10.2. The Labute approximate surface area is 179 Å². The number of nitrogens with one attached hydrogen (secondary N) is 1. The first-order valence-corrected chi connectivity index (χ1v) is 10.9. The van der Waals surface area contributed by atoms with Crippen LogP contribution in [-0.4, -0.2) is 40.3 Å². The number of halogens is 1. The predicted octanol–water partition coefficient (Wildman–Crippen LogP) is 4.96. The summed E-state index contributed by atoms with van der Waals surface area (Å²) in [6, 6.07) is 15.1. The van der Waals surface area contributed by atoms with Crippen LogP contribution >= 0.6 is 23.4 Å². The Bertz CT molecular complexity index is 963. The first-order valence-electron chi connectivity index (χ1n) is 9.32. The van der Waals surface area contributed by atoms with Gasteiger partial charge < -0.3 is 9.73 Å². The maximum atomic E-state index is 12.5. The van der Waals surface area contributed by atoms with Crippen LogP contribution in [0.3, 0.4) is 0 Å². The van der Waals surface area contributed by atoms with Gasteiger partial charge in [0.1, 0.15) is 0 Å². The van der Waals surface area contributed by atoms with Crippen LogP contribution in [-0.2, 0) is 11.3 Å². The van der Waals surface area contributed by atoms with Crippen LogP contribution in [0.25, 0.3) is 11.5 Å². The summed E-state index contributed by atoms with van der Waals surface area (Å²) in [5.74, 6) is 0.744. The molecule has 0 fully saturated rings. The van der Waals surface area contributed by atoms with E-state index in [2.05, 4.69) is 22.4 Å². The molecule has 29 heavy (non-hydrogen) atoms. The van der Waals surface area contributed by atoms with Gasteiger partial charge in [-0.1, -0.05) is 36.7 Å². The van der Waals surface area contributed by atoms with Gasteiger partial charge >= 0.3 is 0 Å². The van der Waals surface area contributed by atoms with Gasteiger partial charge in [-0.2, -0.15) is 0 Å². The second kappa shape index (κ2) is 10.4. The molecule has 0 radical (unpaired) electrons. The molecule has 0 aliphatic heterocycles. The molecule has 0 bridgehead atoms. The van der Waals surface area contributed by atoms with E-state index in [1.54, 1.807) is 17.8 Å². The van der Waals surface area contributed by atoms with Crippen molar-refractivity contribution < 1.29 is 9.21 Å². The molecule has 1 N–H and O–H groups in total. The molecule has 1 amide bonds. The Balaban J connectivity index is 1.64. The molecule has 2 aromatic carbocycles. The summed E-state index contributed by atoms with van der Waals surface area (Å²) in [7, 11) is 0. The van der Waals surface area contributed by atoms with Gasteiger partial charge in [-0.15, -0.1) is 22.0 Å². The van der Waals surface area contributed by atoms with Gasteiger partial charge in [0.05, 0.1) is 23.7 Å². The quantitative estimate of drug-likeness (QED) is 0.483. The maximum absolute atomic E-state index is 12.5. The van der Waals surface area contributed by atoms with E-state index in [-0.39, 0.29) is 12.5 Å². The van der Waals surface area contributed by atoms with Crippen LogP contribution in [0.1, 0.15) is 19.2 Å². The van der Waals surface area contributed by atoms with Crippen molar-refractivity contribution in [1.82, 2.24) is 15.1 Å². The Kier molecular flexibility index (Phi) is 7.69. The fourth-order valence-electron chi connectivity index (χ4n) is 2.89. The summed E-state index contributed by atoms with van der Waals surface area (Å²) >= 11 is 7.83. The van der Waals surface area contributed by atoms with Crippen molar-refractivity contribution in [3.8, 4) is 11.5 Å². The second-order valence-electron chi connectivity index (χ2n) is 6.47. The van der Waals surface area contributed by atoms with Crippen LogP contribution in [0, 0.1) is 0 Å². The Hall–Kier alpha value is -2.35. The highest BCUT2D eigenvalue weighted by atomic mass is 35.5. The first-order chi connectivity index (χ1) is 14.1. The van der Waals surface area contributed by atoms with E-state index in [9.17, 15) is 4.79 Å². The van der Waals surface area contributed by atoms with Gasteiger partial charge in [-0.25, -0.2) is 0 Å². The SMILES string of the molecule is CCCN(CC(=O)Nc1cccc(SC)c1)Cc1nnc(-c2ccccc2Cl)o1. The molecule has 3 rings (SSSR count). The number of anilines is 1. The molecule has 3 aromatic rings. The molecule has 152 valence electrons. The number of carbonyl (C=O) groups excluding carboxylic acids is 1. The molecule has 8 heteroatoms. The van der Waals surface area contributed by atoms with Crippen molar-refractivity contribution >= 4 is 35.0 Å². The zero-order valence-corrected chi connectivity index (χ0v) is 18.0. The Morgan fingerprint density at radius 3 is 2.79 bits per heavy atom. The molecular weight excluding hydrogens is 408 g/mol.